The van der Waals surface area contributed by atoms with E-state index in [1.165, 1.54) is 38.8 Å². The molecular formula is C18H30N4O3. The zero-order valence-corrected chi connectivity index (χ0v) is 15.2. The Morgan fingerprint density at radius 2 is 1.96 bits per heavy atom. The molecule has 4 saturated heterocycles. The average Bonchev–Trinajstić information content (AvgIpc) is 2.89. The Labute approximate surface area is 149 Å². The highest BCUT2D eigenvalue weighted by atomic mass is 16.5. The molecule has 0 spiro atoms. The van der Waals surface area contributed by atoms with Crippen molar-refractivity contribution in [3.05, 3.63) is 11.7 Å². The fourth-order valence-corrected chi connectivity index (χ4v) is 4.58. The maximum absolute atomic E-state index is 5.55. The van der Waals surface area contributed by atoms with Gasteiger partial charge in [0.2, 0.25) is 5.89 Å². The Kier molecular flexibility index (Phi) is 5.65. The van der Waals surface area contributed by atoms with Gasteiger partial charge in [-0.3, -0.25) is 9.80 Å². The van der Waals surface area contributed by atoms with E-state index in [9.17, 15) is 0 Å². The number of hydrogen-bond donors (Lipinski definition) is 0. The number of rotatable bonds is 6. The number of hydrogen-bond acceptors (Lipinski definition) is 7. The minimum Gasteiger partial charge on any atom is -0.384 e. The molecule has 1 aromatic heterocycles. The summed E-state index contributed by atoms with van der Waals surface area (Å²) in [5.41, 5.74) is 0. The summed E-state index contributed by atoms with van der Waals surface area (Å²) in [5.74, 6) is 2.26. The monoisotopic (exact) mass is 350 g/mol. The molecule has 2 atom stereocenters. The van der Waals surface area contributed by atoms with Crippen molar-refractivity contribution in [2.75, 3.05) is 46.6 Å². The fraction of sp³-hybridized carbons (Fsp3) is 0.889. The average molecular weight is 350 g/mol. The Balaban J connectivity index is 1.37. The van der Waals surface area contributed by atoms with Gasteiger partial charge in [-0.25, -0.2) is 0 Å². The van der Waals surface area contributed by atoms with Crippen molar-refractivity contribution in [1.82, 2.24) is 19.9 Å². The summed E-state index contributed by atoms with van der Waals surface area (Å²) in [7, 11) is 1.69. The highest BCUT2D eigenvalue weighted by Crippen LogP contribution is 2.31. The quantitative estimate of drug-likeness (QED) is 0.767. The number of aromatic nitrogens is 2. The fourth-order valence-electron chi connectivity index (χ4n) is 4.58. The first-order chi connectivity index (χ1) is 12.3. The molecule has 0 aromatic carbocycles. The molecule has 0 aliphatic carbocycles. The molecule has 0 saturated carbocycles. The van der Waals surface area contributed by atoms with Crippen LogP contribution in [0.2, 0.25) is 0 Å². The minimum atomic E-state index is 0.607. The smallest absolute Gasteiger partial charge is 0.240 e. The second kappa shape index (κ2) is 8.12. The molecule has 25 heavy (non-hydrogen) atoms. The normalized spacial score (nSPS) is 29.2. The molecule has 2 bridgehead atoms. The van der Waals surface area contributed by atoms with Crippen molar-refractivity contribution in [2.45, 2.75) is 50.7 Å². The second-order valence-electron chi connectivity index (χ2n) is 7.67. The maximum Gasteiger partial charge on any atom is 0.240 e. The van der Waals surface area contributed by atoms with Gasteiger partial charge in [0.25, 0.3) is 0 Å². The molecule has 0 amide bonds. The van der Waals surface area contributed by atoms with Gasteiger partial charge >= 0.3 is 0 Å². The lowest BCUT2D eigenvalue weighted by atomic mass is 9.95. The zero-order valence-electron chi connectivity index (χ0n) is 15.2. The van der Waals surface area contributed by atoms with Gasteiger partial charge in [0.15, 0.2) is 5.82 Å². The van der Waals surface area contributed by atoms with Crippen LogP contribution in [0, 0.1) is 5.92 Å². The van der Waals surface area contributed by atoms with Gasteiger partial charge in [0.1, 0.15) is 0 Å². The summed E-state index contributed by atoms with van der Waals surface area (Å²) in [6.07, 6.45) is 5.72. The van der Waals surface area contributed by atoms with E-state index in [-0.39, 0.29) is 0 Å². The molecule has 5 rings (SSSR count). The number of ether oxygens (including phenoxy) is 2. The predicted molar refractivity (Wildman–Crippen MR) is 92.2 cm³/mol. The van der Waals surface area contributed by atoms with Crippen molar-refractivity contribution in [2.24, 2.45) is 5.92 Å². The van der Waals surface area contributed by atoms with Crippen LogP contribution in [-0.4, -0.2) is 78.6 Å². The van der Waals surface area contributed by atoms with Crippen molar-refractivity contribution in [3.8, 4) is 0 Å². The van der Waals surface area contributed by atoms with Crippen LogP contribution in [0.15, 0.2) is 4.52 Å². The van der Waals surface area contributed by atoms with Crippen LogP contribution in [0.5, 0.6) is 0 Å². The first kappa shape index (κ1) is 17.4. The molecule has 1 aromatic rings. The van der Waals surface area contributed by atoms with E-state index in [0.29, 0.717) is 25.1 Å². The third-order valence-corrected chi connectivity index (χ3v) is 5.94. The Morgan fingerprint density at radius 1 is 1.08 bits per heavy atom. The first-order valence-electron chi connectivity index (χ1n) is 9.68. The lowest BCUT2D eigenvalue weighted by Crippen LogP contribution is -2.45. The number of methoxy groups -OCH3 is 1. The van der Waals surface area contributed by atoms with Crippen LogP contribution in [-0.2, 0) is 22.4 Å². The number of piperidine rings is 1. The molecule has 5 heterocycles. The summed E-state index contributed by atoms with van der Waals surface area (Å²) < 4.78 is 16.1. The van der Waals surface area contributed by atoms with Crippen LogP contribution in [0.3, 0.4) is 0 Å². The Bertz CT molecular complexity index is 546. The molecule has 0 N–H and O–H groups in total. The van der Waals surface area contributed by atoms with Crippen molar-refractivity contribution < 1.29 is 14.0 Å². The lowest BCUT2D eigenvalue weighted by Gasteiger charge is -2.36. The van der Waals surface area contributed by atoms with E-state index >= 15 is 0 Å². The van der Waals surface area contributed by atoms with Crippen LogP contribution in [0.4, 0.5) is 0 Å². The third kappa shape index (κ3) is 4.22. The molecule has 140 valence electrons. The van der Waals surface area contributed by atoms with Crippen LogP contribution in [0.25, 0.3) is 0 Å². The predicted octanol–water partition coefficient (Wildman–Crippen LogP) is 1.33. The third-order valence-electron chi connectivity index (χ3n) is 5.94. The van der Waals surface area contributed by atoms with Crippen molar-refractivity contribution in [1.29, 1.82) is 0 Å². The highest BCUT2D eigenvalue weighted by molar-refractivity contribution is 4.95. The van der Waals surface area contributed by atoms with Gasteiger partial charge in [-0.05, 0) is 31.6 Å². The Morgan fingerprint density at radius 3 is 2.80 bits per heavy atom. The Hall–Kier alpha value is -1.02. The molecule has 7 nitrogen and oxygen atoms in total. The molecule has 7 heteroatoms. The first-order valence-corrected chi connectivity index (χ1v) is 9.68. The van der Waals surface area contributed by atoms with E-state index in [0.717, 1.165) is 43.9 Å². The van der Waals surface area contributed by atoms with E-state index in [1.54, 1.807) is 7.11 Å². The summed E-state index contributed by atoms with van der Waals surface area (Å²) in [4.78, 5) is 9.84. The molecule has 4 fully saturated rings. The minimum absolute atomic E-state index is 0.607. The zero-order chi connectivity index (χ0) is 17.1. The van der Waals surface area contributed by atoms with Crippen LogP contribution in [0.1, 0.15) is 37.4 Å². The second-order valence-corrected chi connectivity index (χ2v) is 7.67. The lowest BCUT2D eigenvalue weighted by molar-refractivity contribution is 0.0305. The maximum atomic E-state index is 5.55. The summed E-state index contributed by atoms with van der Waals surface area (Å²) in [6, 6.07) is 1.32. The van der Waals surface area contributed by atoms with Gasteiger partial charge in [0, 0.05) is 58.5 Å². The van der Waals surface area contributed by atoms with Crippen LogP contribution >= 0.6 is 0 Å². The summed E-state index contributed by atoms with van der Waals surface area (Å²) in [5, 5.41) is 4.08. The molecule has 0 radical (unpaired) electrons. The van der Waals surface area contributed by atoms with Crippen molar-refractivity contribution >= 4 is 0 Å². The van der Waals surface area contributed by atoms with Crippen LogP contribution < -0.4 is 0 Å². The highest BCUT2D eigenvalue weighted by Gasteiger charge is 2.37. The van der Waals surface area contributed by atoms with Gasteiger partial charge in [-0.2, -0.15) is 4.98 Å². The van der Waals surface area contributed by atoms with Crippen molar-refractivity contribution in [3.63, 3.8) is 0 Å². The van der Waals surface area contributed by atoms with E-state index < -0.39 is 0 Å². The molecular weight excluding hydrogens is 320 g/mol. The topological polar surface area (TPSA) is 63.9 Å². The van der Waals surface area contributed by atoms with E-state index in [2.05, 4.69) is 19.9 Å². The number of nitrogens with zero attached hydrogens (tertiary/aromatic N) is 4. The SMILES string of the molecule is COCCc1noc(CN2C[C@H]3CC[C@@H]2CN(C2CCOCC2)C3)n1. The van der Waals surface area contributed by atoms with Gasteiger partial charge in [-0.1, -0.05) is 5.16 Å². The summed E-state index contributed by atoms with van der Waals surface area (Å²) in [6.45, 7) is 6.82. The molecule has 4 aliphatic rings. The molecule has 4 aliphatic heterocycles. The number of fused-ring (bicyclic) bond motifs is 4. The largest absolute Gasteiger partial charge is 0.384 e. The molecule has 0 unspecified atom stereocenters. The van der Waals surface area contributed by atoms with Gasteiger partial charge in [0.05, 0.1) is 13.2 Å². The van der Waals surface area contributed by atoms with E-state index in [1.807, 2.05) is 0 Å². The van der Waals surface area contributed by atoms with E-state index in [4.69, 9.17) is 14.0 Å². The van der Waals surface area contributed by atoms with Gasteiger partial charge in [-0.15, -0.1) is 0 Å². The summed E-state index contributed by atoms with van der Waals surface area (Å²) >= 11 is 0. The van der Waals surface area contributed by atoms with Gasteiger partial charge < -0.3 is 14.0 Å². The standard InChI is InChI=1S/C18H30N4O3/c1-23-7-6-17-19-18(25-20-17)13-22-11-14-2-3-16(22)12-21(10-14)15-4-8-24-9-5-15/h14-16H,2-13H2,1H3/t14-,16+/m0/s1.